The third-order valence-corrected chi connectivity index (χ3v) is 2.64. The maximum atomic E-state index is 9.85. The van der Waals surface area contributed by atoms with Crippen LogP contribution in [0.5, 0.6) is 5.75 Å². The first kappa shape index (κ1) is 11.1. The predicted octanol–water partition coefficient (Wildman–Crippen LogP) is 3.56. The molecule has 1 nitrogen and oxygen atoms in total. The molecule has 0 unspecified atom stereocenters. The van der Waals surface area contributed by atoms with E-state index in [0.717, 1.165) is 12.0 Å². The Morgan fingerprint density at radius 3 is 2.21 bits per heavy atom. The standard InChI is InChI=1S/C13H20O/c1-6-10-8-11(13(3,4)5)12(14)7-9(10)2/h7-8,14H,6H2,1-5H3. The van der Waals surface area contributed by atoms with Crippen molar-refractivity contribution in [3.63, 3.8) is 0 Å². The van der Waals surface area contributed by atoms with Crippen LogP contribution in [0.3, 0.4) is 0 Å². The number of phenols is 1. The molecular formula is C13H20O. The molecule has 0 aliphatic heterocycles. The fraction of sp³-hybridized carbons (Fsp3) is 0.538. The summed E-state index contributed by atoms with van der Waals surface area (Å²) in [6, 6.07) is 4.00. The Balaban J connectivity index is 3.32. The lowest BCUT2D eigenvalue weighted by atomic mass is 9.84. The van der Waals surface area contributed by atoms with Crippen LogP contribution < -0.4 is 0 Å². The molecule has 0 saturated heterocycles. The van der Waals surface area contributed by atoms with Gasteiger partial charge in [-0.2, -0.15) is 0 Å². The van der Waals surface area contributed by atoms with Gasteiger partial charge in [-0.15, -0.1) is 0 Å². The number of rotatable bonds is 1. The van der Waals surface area contributed by atoms with Crippen molar-refractivity contribution < 1.29 is 5.11 Å². The molecule has 78 valence electrons. The number of benzene rings is 1. The zero-order valence-electron chi connectivity index (χ0n) is 9.81. The largest absolute Gasteiger partial charge is 0.508 e. The normalized spacial score (nSPS) is 11.8. The SMILES string of the molecule is CCc1cc(C(C)(C)C)c(O)cc1C. The van der Waals surface area contributed by atoms with Gasteiger partial charge in [-0.3, -0.25) is 0 Å². The quantitative estimate of drug-likeness (QED) is 0.721. The second kappa shape index (κ2) is 3.64. The molecular weight excluding hydrogens is 172 g/mol. The maximum absolute atomic E-state index is 9.85. The van der Waals surface area contributed by atoms with Crippen molar-refractivity contribution in [2.24, 2.45) is 0 Å². The molecule has 0 aliphatic carbocycles. The molecule has 0 spiro atoms. The molecule has 0 aliphatic rings. The van der Waals surface area contributed by atoms with E-state index in [-0.39, 0.29) is 5.41 Å². The second-order valence-corrected chi connectivity index (χ2v) is 4.90. The van der Waals surface area contributed by atoms with Gasteiger partial charge in [0.15, 0.2) is 0 Å². The van der Waals surface area contributed by atoms with Crippen molar-refractivity contribution in [3.8, 4) is 5.75 Å². The van der Waals surface area contributed by atoms with Gasteiger partial charge in [-0.25, -0.2) is 0 Å². The van der Waals surface area contributed by atoms with Gasteiger partial charge in [0.2, 0.25) is 0 Å². The predicted molar refractivity (Wildman–Crippen MR) is 60.9 cm³/mol. The molecule has 0 radical (unpaired) electrons. The van der Waals surface area contributed by atoms with Crippen LogP contribution in [0.4, 0.5) is 0 Å². The molecule has 0 fully saturated rings. The minimum absolute atomic E-state index is 0.0156. The van der Waals surface area contributed by atoms with Crippen LogP contribution in [0.1, 0.15) is 44.4 Å². The first-order chi connectivity index (χ1) is 6.36. The Morgan fingerprint density at radius 1 is 1.21 bits per heavy atom. The van der Waals surface area contributed by atoms with Crippen LogP contribution in [-0.2, 0) is 11.8 Å². The van der Waals surface area contributed by atoms with Gasteiger partial charge >= 0.3 is 0 Å². The molecule has 1 N–H and O–H groups in total. The fourth-order valence-corrected chi connectivity index (χ4v) is 1.72. The summed E-state index contributed by atoms with van der Waals surface area (Å²) >= 11 is 0. The molecule has 0 amide bonds. The number of aromatic hydroxyl groups is 1. The fourth-order valence-electron chi connectivity index (χ4n) is 1.72. The van der Waals surface area contributed by atoms with E-state index in [1.54, 1.807) is 0 Å². The smallest absolute Gasteiger partial charge is 0.119 e. The van der Waals surface area contributed by atoms with E-state index in [1.807, 2.05) is 13.0 Å². The van der Waals surface area contributed by atoms with Crippen molar-refractivity contribution in [1.82, 2.24) is 0 Å². The van der Waals surface area contributed by atoms with E-state index < -0.39 is 0 Å². The summed E-state index contributed by atoms with van der Waals surface area (Å²) in [6.45, 7) is 10.6. The lowest BCUT2D eigenvalue weighted by Crippen LogP contribution is -2.12. The minimum atomic E-state index is 0.0156. The maximum Gasteiger partial charge on any atom is 0.119 e. The van der Waals surface area contributed by atoms with Crippen LogP contribution in [-0.4, -0.2) is 5.11 Å². The summed E-state index contributed by atoms with van der Waals surface area (Å²) in [5.41, 5.74) is 3.56. The Bertz CT molecular complexity index is 332. The van der Waals surface area contributed by atoms with Gasteiger partial charge in [0.1, 0.15) is 5.75 Å². The molecule has 0 heterocycles. The zero-order valence-corrected chi connectivity index (χ0v) is 9.81. The Kier molecular flexibility index (Phi) is 2.89. The highest BCUT2D eigenvalue weighted by Gasteiger charge is 2.18. The zero-order chi connectivity index (χ0) is 10.9. The second-order valence-electron chi connectivity index (χ2n) is 4.90. The van der Waals surface area contributed by atoms with Gasteiger partial charge in [-0.1, -0.05) is 33.8 Å². The molecule has 14 heavy (non-hydrogen) atoms. The Labute approximate surface area is 86.8 Å². The first-order valence-electron chi connectivity index (χ1n) is 5.19. The van der Waals surface area contributed by atoms with Gasteiger partial charge in [-0.05, 0) is 41.5 Å². The van der Waals surface area contributed by atoms with E-state index in [9.17, 15) is 5.11 Å². The summed E-state index contributed by atoms with van der Waals surface area (Å²) in [5.74, 6) is 0.423. The van der Waals surface area contributed by atoms with Crippen LogP contribution >= 0.6 is 0 Å². The average Bonchev–Trinajstić information content (AvgIpc) is 2.02. The van der Waals surface area contributed by atoms with E-state index >= 15 is 0 Å². The van der Waals surface area contributed by atoms with Crippen LogP contribution in [0.2, 0.25) is 0 Å². The average molecular weight is 192 g/mol. The van der Waals surface area contributed by atoms with Crippen LogP contribution in [0.25, 0.3) is 0 Å². The van der Waals surface area contributed by atoms with Crippen molar-refractivity contribution >= 4 is 0 Å². The summed E-state index contributed by atoms with van der Waals surface area (Å²) in [7, 11) is 0. The highest BCUT2D eigenvalue weighted by molar-refractivity contribution is 5.44. The van der Waals surface area contributed by atoms with E-state index in [4.69, 9.17) is 0 Å². The highest BCUT2D eigenvalue weighted by Crippen LogP contribution is 2.32. The molecule has 0 bridgehead atoms. The van der Waals surface area contributed by atoms with Crippen LogP contribution in [0, 0.1) is 6.92 Å². The Hall–Kier alpha value is -0.980. The lowest BCUT2D eigenvalue weighted by molar-refractivity contribution is 0.446. The number of hydrogen-bond acceptors (Lipinski definition) is 1. The molecule has 1 aromatic carbocycles. The summed E-state index contributed by atoms with van der Waals surface area (Å²) < 4.78 is 0. The summed E-state index contributed by atoms with van der Waals surface area (Å²) in [4.78, 5) is 0. The lowest BCUT2D eigenvalue weighted by Gasteiger charge is -2.22. The summed E-state index contributed by atoms with van der Waals surface area (Å²) in [5, 5.41) is 9.85. The van der Waals surface area contributed by atoms with Gasteiger partial charge in [0.05, 0.1) is 0 Å². The van der Waals surface area contributed by atoms with Crippen LogP contribution in [0.15, 0.2) is 12.1 Å². The van der Waals surface area contributed by atoms with E-state index in [1.165, 1.54) is 11.1 Å². The van der Waals surface area contributed by atoms with Crippen molar-refractivity contribution in [3.05, 3.63) is 28.8 Å². The summed E-state index contributed by atoms with van der Waals surface area (Å²) in [6.07, 6.45) is 1.02. The number of aryl methyl sites for hydroxylation is 2. The molecule has 1 aromatic rings. The Morgan fingerprint density at radius 2 is 1.79 bits per heavy atom. The van der Waals surface area contributed by atoms with Crippen molar-refractivity contribution in [2.45, 2.75) is 46.5 Å². The monoisotopic (exact) mass is 192 g/mol. The molecule has 0 aromatic heterocycles. The molecule has 1 heteroatoms. The minimum Gasteiger partial charge on any atom is -0.508 e. The van der Waals surface area contributed by atoms with Crippen molar-refractivity contribution in [1.29, 1.82) is 0 Å². The van der Waals surface area contributed by atoms with Gasteiger partial charge in [0.25, 0.3) is 0 Å². The molecule has 1 rings (SSSR count). The first-order valence-corrected chi connectivity index (χ1v) is 5.19. The number of hydrogen-bond donors (Lipinski definition) is 1. The van der Waals surface area contributed by atoms with Gasteiger partial charge in [0, 0.05) is 0 Å². The topological polar surface area (TPSA) is 20.2 Å². The number of phenolic OH excluding ortho intramolecular Hbond substituents is 1. The van der Waals surface area contributed by atoms with E-state index in [2.05, 4.69) is 33.8 Å². The molecule has 0 atom stereocenters. The molecule has 0 saturated carbocycles. The third-order valence-electron chi connectivity index (χ3n) is 2.64. The van der Waals surface area contributed by atoms with Gasteiger partial charge < -0.3 is 5.11 Å². The van der Waals surface area contributed by atoms with Crippen molar-refractivity contribution in [2.75, 3.05) is 0 Å². The highest BCUT2D eigenvalue weighted by atomic mass is 16.3. The third kappa shape index (κ3) is 2.09. The van der Waals surface area contributed by atoms with E-state index in [0.29, 0.717) is 5.75 Å².